The molecule has 11 heteroatoms. The van der Waals surface area contributed by atoms with Crippen molar-refractivity contribution in [1.82, 2.24) is 34.4 Å². The molecule has 11 nitrogen and oxygen atoms in total. The van der Waals surface area contributed by atoms with Crippen LogP contribution in [0.4, 0.5) is 0 Å². The summed E-state index contributed by atoms with van der Waals surface area (Å²) in [6.45, 7) is 7.85. The van der Waals surface area contributed by atoms with Crippen molar-refractivity contribution in [2.45, 2.75) is 47.0 Å². The normalized spacial score (nSPS) is 11.5. The van der Waals surface area contributed by atoms with Crippen LogP contribution in [0, 0.1) is 6.92 Å². The summed E-state index contributed by atoms with van der Waals surface area (Å²) in [5.41, 5.74) is 5.99. The summed E-state index contributed by atoms with van der Waals surface area (Å²) in [6.07, 6.45) is 2.49. The van der Waals surface area contributed by atoms with Crippen molar-refractivity contribution in [2.75, 3.05) is 7.05 Å². The maximum absolute atomic E-state index is 12.6. The largest absolute Gasteiger partial charge is 0.316 e. The van der Waals surface area contributed by atoms with Crippen LogP contribution in [0.3, 0.4) is 0 Å². The van der Waals surface area contributed by atoms with Gasteiger partial charge in [0.05, 0.1) is 22.3 Å². The van der Waals surface area contributed by atoms with Crippen molar-refractivity contribution in [2.24, 2.45) is 26.2 Å². The Kier molecular flexibility index (Phi) is 9.33. The molecule has 0 saturated heterocycles. The topological polar surface area (TPSA) is 120 Å². The maximum atomic E-state index is 12.6. The van der Waals surface area contributed by atoms with E-state index in [4.69, 9.17) is 0 Å². The molecule has 0 spiro atoms. The first-order chi connectivity index (χ1) is 20.5. The highest BCUT2D eigenvalue weighted by Crippen LogP contribution is 2.28. The highest BCUT2D eigenvalue weighted by Gasteiger charge is 2.26. The number of amides is 1. The van der Waals surface area contributed by atoms with E-state index in [1.165, 1.54) is 11.7 Å². The van der Waals surface area contributed by atoms with Gasteiger partial charge >= 0.3 is 5.91 Å². The quantitative estimate of drug-likeness (QED) is 0.120. The Hall–Kier alpha value is -4.93. The first-order valence-electron chi connectivity index (χ1n) is 14.3. The lowest BCUT2D eigenvalue weighted by molar-refractivity contribution is -0.125. The molecule has 0 atom stereocenters. The lowest BCUT2D eigenvalue weighted by Gasteiger charge is -2.10. The molecule has 2 aromatic carbocycles. The summed E-state index contributed by atoms with van der Waals surface area (Å²) in [5, 5.41) is 20.0. The number of likely N-dealkylation sites (N-methyl/N-ethyl adjacent to an activating group) is 1. The Morgan fingerprint density at radius 3 is 2.07 bits per heavy atom. The van der Waals surface area contributed by atoms with Gasteiger partial charge in [0.25, 0.3) is 11.3 Å². The molecular formula is C32H38N8O3. The third-order valence-corrected chi connectivity index (χ3v) is 7.29. The van der Waals surface area contributed by atoms with Gasteiger partial charge in [-0.3, -0.25) is 23.7 Å². The molecule has 1 amide bonds. The molecule has 43 heavy (non-hydrogen) atoms. The number of aromatic nitrogens is 6. The third-order valence-electron chi connectivity index (χ3n) is 7.29. The number of hydrazone groups is 1. The molecule has 224 valence electrons. The van der Waals surface area contributed by atoms with Crippen molar-refractivity contribution in [3.63, 3.8) is 0 Å². The van der Waals surface area contributed by atoms with E-state index in [1.54, 1.807) is 24.8 Å². The van der Waals surface area contributed by atoms with E-state index in [2.05, 4.69) is 20.4 Å². The summed E-state index contributed by atoms with van der Waals surface area (Å²) >= 11 is 0. The van der Waals surface area contributed by atoms with Crippen molar-refractivity contribution >= 4 is 39.2 Å². The summed E-state index contributed by atoms with van der Waals surface area (Å²) in [7, 11) is 6.82. The lowest BCUT2D eigenvalue weighted by atomic mass is 10.0. The fraction of sp³-hybridized carbons (Fsp3) is 0.344. The zero-order valence-corrected chi connectivity index (χ0v) is 26.0. The van der Waals surface area contributed by atoms with Gasteiger partial charge in [-0.05, 0) is 44.4 Å². The van der Waals surface area contributed by atoms with E-state index in [1.807, 2.05) is 81.9 Å². The Morgan fingerprint density at radius 2 is 1.44 bits per heavy atom. The predicted molar refractivity (Wildman–Crippen MR) is 169 cm³/mol. The minimum absolute atomic E-state index is 0.0960. The van der Waals surface area contributed by atoms with Crippen LogP contribution in [0.15, 0.2) is 58.4 Å². The number of para-hydroxylation sites is 2. The van der Waals surface area contributed by atoms with Gasteiger partial charge in [0, 0.05) is 44.7 Å². The highest BCUT2D eigenvalue weighted by molar-refractivity contribution is 6.44. The van der Waals surface area contributed by atoms with E-state index in [0.29, 0.717) is 10.9 Å². The van der Waals surface area contributed by atoms with Crippen molar-refractivity contribution in [3.8, 4) is 11.3 Å². The molecule has 0 fully saturated rings. The standard InChI is InChI=1S/C16H20N4O2.C16H18N4O/c1-5-8-11(2)17-20(4)16(22)15(21)14-12-9-6-7-10-13(12)19(3)18-14;1-5-11-10(2)17-20(4)16(21)14(11)15-12-8-6-7-9-13(12)19(3)18-15/h6-7,9-10H,5,8H2,1-4H3;6-9H,5H2,1-4H3. The number of benzene rings is 2. The zero-order valence-electron chi connectivity index (χ0n) is 26.0. The average molecular weight is 583 g/mol. The fourth-order valence-electron chi connectivity index (χ4n) is 5.22. The number of carbonyl (C=O) groups excluding carboxylic acids is 2. The molecule has 0 bridgehead atoms. The summed E-state index contributed by atoms with van der Waals surface area (Å²) in [6, 6.07) is 15.3. The van der Waals surface area contributed by atoms with E-state index >= 15 is 0 Å². The third kappa shape index (κ3) is 6.15. The second kappa shape index (κ2) is 12.9. The number of ketones is 1. The number of aryl methyl sites for hydroxylation is 4. The number of nitrogens with zero attached hydrogens (tertiary/aromatic N) is 8. The number of carbonyl (C=O) groups is 2. The molecule has 0 saturated carbocycles. The SMILES string of the molecule is CCCC(C)=NN(C)C(=O)C(=O)c1nn(C)c2ccccc12.CCc1c(C)nn(C)c(=O)c1-c1nn(C)c2ccccc12. The molecule has 5 aromatic rings. The van der Waals surface area contributed by atoms with Crippen LogP contribution in [-0.2, 0) is 32.4 Å². The van der Waals surface area contributed by atoms with Crippen molar-refractivity contribution in [1.29, 1.82) is 0 Å². The van der Waals surface area contributed by atoms with Crippen molar-refractivity contribution in [3.05, 3.63) is 75.8 Å². The molecule has 0 N–H and O–H groups in total. The van der Waals surface area contributed by atoms with Crippen LogP contribution in [-0.4, -0.2) is 58.8 Å². The lowest BCUT2D eigenvalue weighted by Crippen LogP contribution is -2.30. The van der Waals surface area contributed by atoms with Gasteiger partial charge < -0.3 is 0 Å². The molecule has 0 radical (unpaired) electrons. The Morgan fingerprint density at radius 1 is 0.860 bits per heavy atom. The van der Waals surface area contributed by atoms with Crippen LogP contribution in [0.25, 0.3) is 33.1 Å². The first kappa shape index (κ1) is 31.0. The predicted octanol–water partition coefficient (Wildman–Crippen LogP) is 4.60. The van der Waals surface area contributed by atoms with Crippen LogP contribution < -0.4 is 5.56 Å². The zero-order chi connectivity index (χ0) is 31.4. The minimum atomic E-state index is -0.681. The molecular weight excluding hydrogens is 544 g/mol. The molecule has 0 aliphatic carbocycles. The smallest absolute Gasteiger partial charge is 0.281 e. The van der Waals surface area contributed by atoms with E-state index < -0.39 is 11.7 Å². The number of rotatable bonds is 7. The van der Waals surface area contributed by atoms with Crippen molar-refractivity contribution < 1.29 is 9.59 Å². The van der Waals surface area contributed by atoms with Gasteiger partial charge in [-0.1, -0.05) is 56.7 Å². The fourth-order valence-corrected chi connectivity index (χ4v) is 5.22. The Labute approximate surface area is 250 Å². The van der Waals surface area contributed by atoms with Crippen LogP contribution in [0.5, 0.6) is 0 Å². The number of Topliss-reactive ketones (excluding diaryl/α,β-unsaturated/α-hetero) is 1. The second-order valence-corrected chi connectivity index (χ2v) is 10.4. The van der Waals surface area contributed by atoms with Crippen LogP contribution >= 0.6 is 0 Å². The van der Waals surface area contributed by atoms with Gasteiger partial charge in [0.1, 0.15) is 11.4 Å². The minimum Gasteiger partial charge on any atom is -0.281 e. The molecule has 0 aliphatic rings. The number of hydrogen-bond acceptors (Lipinski definition) is 7. The highest BCUT2D eigenvalue weighted by atomic mass is 16.2. The van der Waals surface area contributed by atoms with E-state index in [0.717, 1.165) is 63.4 Å². The first-order valence-corrected chi connectivity index (χ1v) is 14.3. The summed E-state index contributed by atoms with van der Waals surface area (Å²) < 4.78 is 4.81. The van der Waals surface area contributed by atoms with Gasteiger partial charge in [-0.2, -0.15) is 20.4 Å². The summed E-state index contributed by atoms with van der Waals surface area (Å²) in [5.74, 6) is -1.33. The monoisotopic (exact) mass is 582 g/mol. The average Bonchev–Trinajstić information content (AvgIpc) is 3.51. The molecule has 3 heterocycles. The van der Waals surface area contributed by atoms with Gasteiger partial charge in [0.15, 0.2) is 0 Å². The van der Waals surface area contributed by atoms with Crippen LogP contribution in [0.2, 0.25) is 0 Å². The van der Waals surface area contributed by atoms with E-state index in [-0.39, 0.29) is 11.3 Å². The number of fused-ring (bicyclic) bond motifs is 2. The van der Waals surface area contributed by atoms with E-state index in [9.17, 15) is 14.4 Å². The summed E-state index contributed by atoms with van der Waals surface area (Å²) in [4.78, 5) is 37.3. The van der Waals surface area contributed by atoms with Crippen LogP contribution in [0.1, 0.15) is 55.4 Å². The Balaban J connectivity index is 0.000000197. The van der Waals surface area contributed by atoms with Gasteiger partial charge in [-0.15, -0.1) is 0 Å². The molecule has 5 rings (SSSR count). The molecule has 0 unspecified atom stereocenters. The Bertz CT molecular complexity index is 1910. The number of hydrogen-bond donors (Lipinski definition) is 0. The second-order valence-electron chi connectivity index (χ2n) is 10.4. The van der Waals surface area contributed by atoms with Gasteiger partial charge in [-0.25, -0.2) is 9.69 Å². The van der Waals surface area contributed by atoms with Gasteiger partial charge in [0.2, 0.25) is 0 Å². The maximum Gasteiger partial charge on any atom is 0.316 e. The molecule has 3 aromatic heterocycles. The molecule has 0 aliphatic heterocycles.